The number of amides is 1. The first kappa shape index (κ1) is 26.0. The Morgan fingerprint density at radius 1 is 1.24 bits per heavy atom. The second-order valence-corrected chi connectivity index (χ2v) is 9.26. The third kappa shape index (κ3) is 6.09. The Balaban J connectivity index is 1.68. The molecule has 7 nitrogen and oxygen atoms in total. The smallest absolute Gasteiger partial charge is 0.471 e. The third-order valence-corrected chi connectivity index (χ3v) is 7.42. The number of ether oxygens (including phenoxy) is 3. The fourth-order valence-corrected chi connectivity index (χ4v) is 5.45. The number of benzene rings is 1. The lowest BCUT2D eigenvalue weighted by Crippen LogP contribution is -2.45. The molecule has 0 unspecified atom stereocenters. The van der Waals surface area contributed by atoms with Crippen molar-refractivity contribution in [2.24, 2.45) is 5.92 Å². The zero-order chi connectivity index (χ0) is 24.9. The monoisotopic (exact) mass is 563 g/mol. The normalized spacial score (nSPS) is 14.6. The molecule has 1 aromatic heterocycles. The molecule has 1 aliphatic heterocycles. The molecular weight excluding hydrogens is 543 g/mol. The van der Waals surface area contributed by atoms with Crippen molar-refractivity contribution in [3.63, 3.8) is 0 Å². The van der Waals surface area contributed by atoms with Crippen LogP contribution in [0.1, 0.15) is 22.5 Å². The molecule has 0 N–H and O–H groups in total. The van der Waals surface area contributed by atoms with Crippen LogP contribution in [0.25, 0.3) is 10.4 Å². The molecule has 0 atom stereocenters. The lowest BCUT2D eigenvalue weighted by molar-refractivity contribution is -0.186. The summed E-state index contributed by atoms with van der Waals surface area (Å²) in [6.45, 7) is 0.141. The van der Waals surface area contributed by atoms with Gasteiger partial charge in [-0.15, -0.1) is 11.3 Å². The molecular formula is C22H21BrF3NO6S. The maximum Gasteiger partial charge on any atom is 0.471 e. The van der Waals surface area contributed by atoms with Crippen LogP contribution in [0, 0.1) is 5.92 Å². The maximum absolute atomic E-state index is 12.6. The minimum absolute atomic E-state index is 0.0173. The standard InChI is InChI=1S/C22H21BrF3NO6S/c1-31-20(29)19-17(32-10-9-28)16(23)18(34-19)14-3-2-4-15(11-14)33-12-13-5-7-27(8-6-13)21(30)22(24,25)26/h2-4,9,11,13H,5-8,10,12H2,1H3. The van der Waals surface area contributed by atoms with Gasteiger partial charge in [-0.25, -0.2) is 4.79 Å². The third-order valence-electron chi connectivity index (χ3n) is 5.20. The van der Waals surface area contributed by atoms with Gasteiger partial charge in [-0.2, -0.15) is 13.2 Å². The van der Waals surface area contributed by atoms with Crippen molar-refractivity contribution in [1.29, 1.82) is 0 Å². The average molecular weight is 564 g/mol. The number of thiophene rings is 1. The van der Waals surface area contributed by atoms with Gasteiger partial charge in [0.2, 0.25) is 0 Å². The molecule has 1 aromatic carbocycles. The first-order chi connectivity index (χ1) is 16.2. The van der Waals surface area contributed by atoms with Gasteiger partial charge in [0.15, 0.2) is 16.9 Å². The Morgan fingerprint density at radius 2 is 1.94 bits per heavy atom. The predicted molar refractivity (Wildman–Crippen MR) is 121 cm³/mol. The van der Waals surface area contributed by atoms with Gasteiger partial charge in [0.1, 0.15) is 12.4 Å². The van der Waals surface area contributed by atoms with Gasteiger partial charge in [0.25, 0.3) is 0 Å². The Labute approximate surface area is 205 Å². The van der Waals surface area contributed by atoms with Crippen molar-refractivity contribution >= 4 is 45.4 Å². The molecule has 1 aliphatic rings. The van der Waals surface area contributed by atoms with Crippen molar-refractivity contribution in [3.05, 3.63) is 33.6 Å². The van der Waals surface area contributed by atoms with Gasteiger partial charge < -0.3 is 19.1 Å². The van der Waals surface area contributed by atoms with Gasteiger partial charge in [-0.1, -0.05) is 12.1 Å². The van der Waals surface area contributed by atoms with Gasteiger partial charge in [-0.3, -0.25) is 9.59 Å². The number of carbonyl (C=O) groups excluding carboxylic acids is 3. The second kappa shape index (κ2) is 11.2. The highest BCUT2D eigenvalue weighted by molar-refractivity contribution is 9.10. The minimum Gasteiger partial charge on any atom is -0.493 e. The zero-order valence-electron chi connectivity index (χ0n) is 18.0. The molecule has 1 amide bonds. The summed E-state index contributed by atoms with van der Waals surface area (Å²) < 4.78 is 54.4. The summed E-state index contributed by atoms with van der Waals surface area (Å²) in [4.78, 5) is 35.9. The number of aldehydes is 1. The zero-order valence-corrected chi connectivity index (χ0v) is 20.4. The highest BCUT2D eigenvalue weighted by Crippen LogP contribution is 2.46. The number of hydrogen-bond donors (Lipinski definition) is 0. The summed E-state index contributed by atoms with van der Waals surface area (Å²) in [7, 11) is 1.25. The summed E-state index contributed by atoms with van der Waals surface area (Å²) in [6, 6.07) is 7.10. The van der Waals surface area contributed by atoms with E-state index in [4.69, 9.17) is 14.2 Å². The van der Waals surface area contributed by atoms with E-state index >= 15 is 0 Å². The molecule has 1 fully saturated rings. The first-order valence-electron chi connectivity index (χ1n) is 10.2. The number of likely N-dealkylation sites (tertiary alicyclic amines) is 1. The highest BCUT2D eigenvalue weighted by atomic mass is 79.9. The van der Waals surface area contributed by atoms with E-state index in [-0.39, 0.29) is 36.2 Å². The molecule has 12 heteroatoms. The van der Waals surface area contributed by atoms with Crippen LogP contribution in [0.5, 0.6) is 11.5 Å². The fraction of sp³-hybridized carbons (Fsp3) is 0.409. The number of alkyl halides is 3. The van der Waals surface area contributed by atoms with Crippen molar-refractivity contribution in [1.82, 2.24) is 4.90 Å². The summed E-state index contributed by atoms with van der Waals surface area (Å²) >= 11 is 4.57. The molecule has 2 aromatic rings. The summed E-state index contributed by atoms with van der Waals surface area (Å²) in [5, 5.41) is 0. The molecule has 34 heavy (non-hydrogen) atoms. The predicted octanol–water partition coefficient (Wildman–Crippen LogP) is 4.72. The number of piperidine rings is 1. The van der Waals surface area contributed by atoms with Crippen LogP contribution < -0.4 is 9.47 Å². The van der Waals surface area contributed by atoms with E-state index in [9.17, 15) is 27.6 Å². The van der Waals surface area contributed by atoms with Gasteiger partial charge in [0, 0.05) is 13.1 Å². The summed E-state index contributed by atoms with van der Waals surface area (Å²) in [6.07, 6.45) is -3.45. The number of rotatable bonds is 8. The van der Waals surface area contributed by atoms with Crippen molar-refractivity contribution in [2.75, 3.05) is 33.4 Å². The van der Waals surface area contributed by atoms with Crippen LogP contribution in [0.2, 0.25) is 0 Å². The van der Waals surface area contributed by atoms with E-state index in [0.717, 1.165) is 21.8 Å². The quantitative estimate of drug-likeness (QED) is 0.341. The number of halogens is 4. The van der Waals surface area contributed by atoms with Crippen LogP contribution in [0.3, 0.4) is 0 Å². The highest BCUT2D eigenvalue weighted by Gasteiger charge is 2.43. The van der Waals surface area contributed by atoms with Gasteiger partial charge in [-0.05, 0) is 52.4 Å². The van der Waals surface area contributed by atoms with E-state index < -0.39 is 18.1 Å². The van der Waals surface area contributed by atoms with E-state index in [1.165, 1.54) is 7.11 Å². The van der Waals surface area contributed by atoms with Gasteiger partial charge >= 0.3 is 18.1 Å². The number of methoxy groups -OCH3 is 1. The first-order valence-corrected chi connectivity index (χ1v) is 11.8. The van der Waals surface area contributed by atoms with Crippen molar-refractivity contribution < 1.29 is 41.8 Å². The molecule has 0 bridgehead atoms. The van der Waals surface area contributed by atoms with E-state index in [2.05, 4.69) is 15.9 Å². The van der Waals surface area contributed by atoms with Crippen LogP contribution in [-0.2, 0) is 14.3 Å². The maximum atomic E-state index is 12.6. The lowest BCUT2D eigenvalue weighted by Gasteiger charge is -2.32. The van der Waals surface area contributed by atoms with Gasteiger partial charge in [0.05, 0.1) is 23.1 Å². The average Bonchev–Trinajstić information content (AvgIpc) is 3.16. The minimum atomic E-state index is -4.86. The Hall–Kier alpha value is -2.60. The molecule has 2 heterocycles. The lowest BCUT2D eigenvalue weighted by atomic mass is 9.97. The van der Waals surface area contributed by atoms with Crippen LogP contribution in [-0.4, -0.2) is 62.7 Å². The van der Waals surface area contributed by atoms with E-state index in [1.54, 1.807) is 18.2 Å². The Kier molecular flexibility index (Phi) is 8.58. The van der Waals surface area contributed by atoms with Crippen LogP contribution in [0.4, 0.5) is 13.2 Å². The Morgan fingerprint density at radius 3 is 2.56 bits per heavy atom. The number of hydrogen-bond acceptors (Lipinski definition) is 7. The fourth-order valence-electron chi connectivity index (χ4n) is 3.48. The van der Waals surface area contributed by atoms with Crippen molar-refractivity contribution in [3.8, 4) is 21.9 Å². The molecule has 0 radical (unpaired) electrons. The number of esters is 1. The molecule has 0 aliphatic carbocycles. The molecule has 0 spiro atoms. The SMILES string of the molecule is COC(=O)c1sc(-c2cccc(OCC3CCN(C(=O)C(F)(F)F)CC3)c2)c(Br)c1OCC=O. The van der Waals surface area contributed by atoms with E-state index in [0.29, 0.717) is 40.8 Å². The molecule has 0 saturated carbocycles. The molecule has 1 saturated heterocycles. The summed E-state index contributed by atoms with van der Waals surface area (Å²) in [5.74, 6) is -1.62. The Bertz CT molecular complexity index is 1050. The summed E-state index contributed by atoms with van der Waals surface area (Å²) in [5.41, 5.74) is 0.728. The van der Waals surface area contributed by atoms with E-state index in [1.807, 2.05) is 6.07 Å². The van der Waals surface area contributed by atoms with Crippen LogP contribution in [0.15, 0.2) is 28.7 Å². The second-order valence-electron chi connectivity index (χ2n) is 7.44. The largest absolute Gasteiger partial charge is 0.493 e. The number of nitrogens with zero attached hydrogens (tertiary/aromatic N) is 1. The molecule has 184 valence electrons. The van der Waals surface area contributed by atoms with Crippen LogP contribution >= 0.6 is 27.3 Å². The van der Waals surface area contributed by atoms with Crippen molar-refractivity contribution in [2.45, 2.75) is 19.0 Å². The topological polar surface area (TPSA) is 82.1 Å². The number of carbonyl (C=O) groups is 3. The molecule has 3 rings (SSSR count).